The lowest BCUT2D eigenvalue weighted by Gasteiger charge is -2.10. The Balaban J connectivity index is 1.71. The highest BCUT2D eigenvalue weighted by Gasteiger charge is 2.17. The van der Waals surface area contributed by atoms with Crippen molar-refractivity contribution in [2.45, 2.75) is 38.2 Å². The van der Waals surface area contributed by atoms with Crippen LogP contribution in [0.1, 0.15) is 31.4 Å². The molecule has 1 aliphatic carbocycles. The van der Waals surface area contributed by atoms with E-state index in [-0.39, 0.29) is 18.4 Å². The number of carbonyl (C=O) groups is 1. The fourth-order valence-electron chi connectivity index (χ4n) is 1.76. The molecule has 1 amide bonds. The lowest BCUT2D eigenvalue weighted by Crippen LogP contribution is -2.29. The summed E-state index contributed by atoms with van der Waals surface area (Å²) in [4.78, 5) is 20.8. The van der Waals surface area contributed by atoms with Gasteiger partial charge in [-0.15, -0.1) is 11.3 Å². The van der Waals surface area contributed by atoms with Crippen LogP contribution in [0, 0.1) is 0 Å². The number of nitrogens with one attached hydrogen (secondary N) is 1. The Morgan fingerprint density at radius 3 is 3.00 bits per heavy atom. The van der Waals surface area contributed by atoms with Gasteiger partial charge in [0, 0.05) is 5.38 Å². The van der Waals surface area contributed by atoms with E-state index in [2.05, 4.69) is 10.5 Å². The Kier molecular flexibility index (Phi) is 3.74. The minimum absolute atomic E-state index is 0.169. The number of carbonyl (C=O) groups excluding carboxylic acids is 1. The fraction of sp³-hybridized carbons (Fsp3) is 0.600. The number of thiazole rings is 1. The molecule has 1 fully saturated rings. The number of rotatable bonds is 4. The second kappa shape index (κ2) is 5.27. The molecule has 0 aromatic carbocycles. The quantitative estimate of drug-likeness (QED) is 0.778. The van der Waals surface area contributed by atoms with Crippen molar-refractivity contribution in [2.24, 2.45) is 0 Å². The first-order valence-corrected chi connectivity index (χ1v) is 6.26. The van der Waals surface area contributed by atoms with Crippen LogP contribution in [0.5, 0.6) is 0 Å². The number of nitrogen functional groups attached to an aromatic ring is 1. The molecule has 0 aliphatic heterocycles. The molecule has 0 unspecified atom stereocenters. The van der Waals surface area contributed by atoms with Gasteiger partial charge in [0.25, 0.3) is 0 Å². The maximum absolute atomic E-state index is 11.5. The molecule has 0 atom stereocenters. The second-order valence-electron chi connectivity index (χ2n) is 3.90. The first kappa shape index (κ1) is 11.3. The van der Waals surface area contributed by atoms with E-state index in [0.29, 0.717) is 10.8 Å². The van der Waals surface area contributed by atoms with E-state index < -0.39 is 0 Å². The Bertz CT molecular complexity index is 361. The molecule has 0 spiro atoms. The molecule has 2 rings (SSSR count). The van der Waals surface area contributed by atoms with Crippen LogP contribution >= 0.6 is 11.3 Å². The largest absolute Gasteiger partial charge is 0.375 e. The topological polar surface area (TPSA) is 77.2 Å². The number of nitrogens with two attached hydrogens (primary N) is 1. The van der Waals surface area contributed by atoms with E-state index in [4.69, 9.17) is 10.6 Å². The average molecular weight is 241 g/mol. The molecule has 1 aromatic heterocycles. The number of hydroxylamine groups is 1. The first-order chi connectivity index (χ1) is 7.74. The van der Waals surface area contributed by atoms with Gasteiger partial charge in [0.05, 0.1) is 18.2 Å². The summed E-state index contributed by atoms with van der Waals surface area (Å²) < 4.78 is 0. The Morgan fingerprint density at radius 2 is 2.38 bits per heavy atom. The number of hydrogen-bond acceptors (Lipinski definition) is 5. The van der Waals surface area contributed by atoms with Crippen LogP contribution < -0.4 is 11.2 Å². The molecule has 88 valence electrons. The van der Waals surface area contributed by atoms with Crippen molar-refractivity contribution in [1.29, 1.82) is 0 Å². The smallest absolute Gasteiger partial charge is 0.249 e. The van der Waals surface area contributed by atoms with Crippen molar-refractivity contribution in [2.75, 3.05) is 5.73 Å². The van der Waals surface area contributed by atoms with E-state index in [1.165, 1.54) is 24.2 Å². The van der Waals surface area contributed by atoms with Crippen LogP contribution in [-0.4, -0.2) is 17.0 Å². The lowest BCUT2D eigenvalue weighted by atomic mass is 10.3. The number of amides is 1. The molecule has 6 heteroatoms. The van der Waals surface area contributed by atoms with Crippen LogP contribution in [0.4, 0.5) is 5.13 Å². The summed E-state index contributed by atoms with van der Waals surface area (Å²) in [6, 6.07) is 0. The van der Waals surface area contributed by atoms with Crippen LogP contribution in [0.3, 0.4) is 0 Å². The maximum Gasteiger partial charge on any atom is 0.249 e. The first-order valence-electron chi connectivity index (χ1n) is 5.38. The van der Waals surface area contributed by atoms with Gasteiger partial charge in [-0.2, -0.15) is 0 Å². The van der Waals surface area contributed by atoms with Crippen LogP contribution in [-0.2, 0) is 16.1 Å². The molecule has 1 saturated carbocycles. The van der Waals surface area contributed by atoms with Gasteiger partial charge in [-0.25, -0.2) is 10.5 Å². The Hall–Kier alpha value is -1.14. The number of anilines is 1. The molecule has 5 nitrogen and oxygen atoms in total. The SMILES string of the molecule is Nc1nc(CC(=O)NOC2CCCC2)cs1. The van der Waals surface area contributed by atoms with Crippen molar-refractivity contribution in [3.63, 3.8) is 0 Å². The molecule has 16 heavy (non-hydrogen) atoms. The minimum Gasteiger partial charge on any atom is -0.375 e. The highest BCUT2D eigenvalue weighted by atomic mass is 32.1. The van der Waals surface area contributed by atoms with Gasteiger partial charge < -0.3 is 5.73 Å². The van der Waals surface area contributed by atoms with E-state index in [0.717, 1.165) is 12.8 Å². The Labute approximate surface area is 98.0 Å². The van der Waals surface area contributed by atoms with Crippen LogP contribution in [0.15, 0.2) is 5.38 Å². The van der Waals surface area contributed by atoms with E-state index in [9.17, 15) is 4.79 Å². The van der Waals surface area contributed by atoms with E-state index >= 15 is 0 Å². The van der Waals surface area contributed by atoms with Gasteiger partial charge in [0.1, 0.15) is 0 Å². The van der Waals surface area contributed by atoms with Crippen LogP contribution in [0.25, 0.3) is 0 Å². The fourth-order valence-corrected chi connectivity index (χ4v) is 2.32. The van der Waals surface area contributed by atoms with Gasteiger partial charge in [0.2, 0.25) is 5.91 Å². The zero-order valence-corrected chi connectivity index (χ0v) is 9.76. The lowest BCUT2D eigenvalue weighted by molar-refractivity contribution is -0.137. The zero-order valence-electron chi connectivity index (χ0n) is 8.94. The highest BCUT2D eigenvalue weighted by molar-refractivity contribution is 7.13. The molecule has 1 heterocycles. The third-order valence-corrected chi connectivity index (χ3v) is 3.28. The molecule has 0 radical (unpaired) electrons. The summed E-state index contributed by atoms with van der Waals surface area (Å²) in [6.45, 7) is 0. The predicted octanol–water partition coefficient (Wildman–Crippen LogP) is 1.26. The predicted molar refractivity (Wildman–Crippen MR) is 61.7 cm³/mol. The molecule has 0 saturated heterocycles. The second-order valence-corrected chi connectivity index (χ2v) is 4.79. The van der Waals surface area contributed by atoms with Gasteiger partial charge in [0.15, 0.2) is 5.13 Å². The number of hydrogen-bond donors (Lipinski definition) is 2. The molecule has 1 aromatic rings. The normalized spacial score (nSPS) is 16.5. The molecule has 3 N–H and O–H groups in total. The van der Waals surface area contributed by atoms with Gasteiger partial charge in [-0.05, 0) is 12.8 Å². The molecular weight excluding hydrogens is 226 g/mol. The van der Waals surface area contributed by atoms with Crippen molar-refractivity contribution in [1.82, 2.24) is 10.5 Å². The molecule has 0 bridgehead atoms. The van der Waals surface area contributed by atoms with Gasteiger partial charge >= 0.3 is 0 Å². The monoisotopic (exact) mass is 241 g/mol. The average Bonchev–Trinajstić information content (AvgIpc) is 2.87. The third kappa shape index (κ3) is 3.18. The number of nitrogens with zero attached hydrogens (tertiary/aromatic N) is 1. The van der Waals surface area contributed by atoms with E-state index in [1.54, 1.807) is 5.38 Å². The van der Waals surface area contributed by atoms with Crippen LogP contribution in [0.2, 0.25) is 0 Å². The third-order valence-electron chi connectivity index (χ3n) is 2.55. The summed E-state index contributed by atoms with van der Waals surface area (Å²) in [5, 5.41) is 2.27. The summed E-state index contributed by atoms with van der Waals surface area (Å²) in [5.41, 5.74) is 8.63. The summed E-state index contributed by atoms with van der Waals surface area (Å²) in [5.74, 6) is -0.169. The summed E-state index contributed by atoms with van der Waals surface area (Å²) in [6.07, 6.45) is 4.84. The van der Waals surface area contributed by atoms with Gasteiger partial charge in [-0.1, -0.05) is 12.8 Å². The molecule has 1 aliphatic rings. The summed E-state index contributed by atoms with van der Waals surface area (Å²) >= 11 is 1.34. The number of aromatic nitrogens is 1. The van der Waals surface area contributed by atoms with Crippen molar-refractivity contribution < 1.29 is 9.63 Å². The highest BCUT2D eigenvalue weighted by Crippen LogP contribution is 2.19. The minimum atomic E-state index is -0.169. The Morgan fingerprint density at radius 1 is 1.62 bits per heavy atom. The standard InChI is InChI=1S/C10H15N3O2S/c11-10-12-7(6-16-10)5-9(14)13-15-8-3-1-2-4-8/h6,8H,1-5H2,(H2,11,12)(H,13,14). The van der Waals surface area contributed by atoms with Crippen molar-refractivity contribution in [3.05, 3.63) is 11.1 Å². The summed E-state index contributed by atoms with van der Waals surface area (Å²) in [7, 11) is 0. The van der Waals surface area contributed by atoms with Gasteiger partial charge in [-0.3, -0.25) is 9.63 Å². The zero-order chi connectivity index (χ0) is 11.4. The van der Waals surface area contributed by atoms with Crippen molar-refractivity contribution >= 4 is 22.4 Å². The molecular formula is C10H15N3O2S. The van der Waals surface area contributed by atoms with E-state index in [1.807, 2.05) is 0 Å². The maximum atomic E-state index is 11.5. The van der Waals surface area contributed by atoms with Crippen molar-refractivity contribution in [3.8, 4) is 0 Å².